The third-order valence-electron chi connectivity index (χ3n) is 21.4. The van der Waals surface area contributed by atoms with E-state index < -0.39 is 12.1 Å². The van der Waals surface area contributed by atoms with Crippen molar-refractivity contribution in [1.29, 1.82) is 0 Å². The van der Waals surface area contributed by atoms with Crippen LogP contribution >= 0.6 is 11.3 Å². The fourth-order valence-corrected chi connectivity index (χ4v) is 17.7. The summed E-state index contributed by atoms with van der Waals surface area (Å²) in [5.41, 5.74) is 23.0. The van der Waals surface area contributed by atoms with E-state index >= 15 is 0 Å². The van der Waals surface area contributed by atoms with E-state index in [-0.39, 0.29) is 34.4 Å². The lowest BCUT2D eigenvalue weighted by molar-refractivity contribution is 0.590. The molecule has 1 N–H and O–H groups in total. The van der Waals surface area contributed by atoms with Crippen LogP contribution in [0.2, 0.25) is 0 Å². The highest BCUT2D eigenvalue weighted by Gasteiger charge is 2.47. The first kappa shape index (κ1) is 57.6. The van der Waals surface area contributed by atoms with Gasteiger partial charge in [0.05, 0.1) is 26.5 Å². The van der Waals surface area contributed by atoms with Gasteiger partial charge < -0.3 is 14.8 Å². The number of para-hydroxylation sites is 1. The zero-order valence-electron chi connectivity index (χ0n) is 61.5. The maximum atomic E-state index is 11.4. The van der Waals surface area contributed by atoms with Crippen molar-refractivity contribution in [3.63, 3.8) is 0 Å². The van der Waals surface area contributed by atoms with E-state index in [1.807, 2.05) is 11.3 Å². The molecule has 0 saturated heterocycles. The number of nitrogens with one attached hydrogen (secondary N) is 1. The van der Waals surface area contributed by atoms with Crippen LogP contribution in [0.5, 0.6) is 0 Å². The lowest BCUT2D eigenvalue weighted by Crippen LogP contribution is -2.59. The highest BCUT2D eigenvalue weighted by molar-refractivity contribution is 7.33. The van der Waals surface area contributed by atoms with Crippen molar-refractivity contribution >= 4 is 126 Å². The van der Waals surface area contributed by atoms with Crippen molar-refractivity contribution in [3.8, 4) is 61.3 Å². The molecular weight excluding hydrogens is 1210 g/mol. The molecule has 99 heavy (non-hydrogen) atoms. The highest BCUT2D eigenvalue weighted by Crippen LogP contribution is 2.58. The van der Waals surface area contributed by atoms with Crippen LogP contribution in [-0.4, -0.2) is 11.3 Å². The minimum absolute atomic E-state index is 0.0101. The normalized spacial score (nSPS) is 13.7. The van der Waals surface area contributed by atoms with Crippen LogP contribution in [0.3, 0.4) is 0 Å². The van der Waals surface area contributed by atoms with Gasteiger partial charge in [0.15, 0.2) is 0 Å². The molecule has 18 rings (SSSR count). The molecule has 4 heterocycles. The van der Waals surface area contributed by atoms with Crippen molar-refractivity contribution in [2.45, 2.75) is 105 Å². The van der Waals surface area contributed by atoms with Gasteiger partial charge in [0.2, 0.25) is 0 Å². The van der Waals surface area contributed by atoms with Crippen molar-refractivity contribution < 1.29 is 4.11 Å². The Morgan fingerprint density at radius 2 is 0.929 bits per heavy atom. The zero-order valence-corrected chi connectivity index (χ0v) is 59.3. The molecule has 0 atom stereocenters. The van der Waals surface area contributed by atoms with Gasteiger partial charge in [0, 0.05) is 65.1 Å². The Balaban J connectivity index is 1.05. The van der Waals surface area contributed by atoms with Gasteiger partial charge in [-0.05, 0) is 187 Å². The quantitative estimate of drug-likeness (QED) is 0.127. The molecule has 2 aliphatic heterocycles. The number of aromatic nitrogens is 1. The second-order valence-corrected chi connectivity index (χ2v) is 32.9. The van der Waals surface area contributed by atoms with Crippen LogP contribution in [0, 0.1) is 0 Å². The molecule has 5 heteroatoms. The lowest BCUT2D eigenvalue weighted by Gasteiger charge is -2.43. The predicted molar refractivity (Wildman–Crippen MR) is 431 cm³/mol. The van der Waals surface area contributed by atoms with Crippen LogP contribution in [0.15, 0.2) is 261 Å². The Hall–Kier alpha value is -10.5. The first-order valence-corrected chi connectivity index (χ1v) is 35.9. The van der Waals surface area contributed by atoms with Crippen molar-refractivity contribution in [3.05, 3.63) is 283 Å². The molecule has 3 nitrogen and oxygen atoms in total. The van der Waals surface area contributed by atoms with Crippen LogP contribution in [0.25, 0.3) is 126 Å². The molecule has 2 aliphatic rings. The molecule has 16 aromatic rings. The summed E-state index contributed by atoms with van der Waals surface area (Å²) in [4.78, 5) is 2.64. The number of hydrogen-bond acceptors (Lipinski definition) is 3. The molecule has 0 fully saturated rings. The van der Waals surface area contributed by atoms with E-state index in [1.54, 1.807) is 0 Å². The Kier molecular flexibility index (Phi) is 12.8. The zero-order chi connectivity index (χ0) is 70.4. The number of hydrogen-bond donors (Lipinski definition) is 1. The van der Waals surface area contributed by atoms with E-state index in [0.29, 0.717) is 16.8 Å². The number of rotatable bonds is 7. The average molecular weight is 1300 g/mol. The molecule has 0 saturated carbocycles. The Bertz CT molecular complexity index is 6030. The van der Waals surface area contributed by atoms with Gasteiger partial charge in [-0.25, -0.2) is 0 Å². The summed E-state index contributed by atoms with van der Waals surface area (Å²) in [6.07, 6.45) is 0. The largest absolute Gasteiger partial charge is 0.356 e. The van der Waals surface area contributed by atoms with Gasteiger partial charge >= 0.3 is 0 Å². The summed E-state index contributed by atoms with van der Waals surface area (Å²) in [6.45, 7) is 27.3. The Labute approximate surface area is 590 Å². The van der Waals surface area contributed by atoms with Gasteiger partial charge in [0.1, 0.15) is 0 Å². The topological polar surface area (TPSA) is 20.2 Å². The molecule has 14 aromatic carbocycles. The van der Waals surface area contributed by atoms with Gasteiger partial charge in [-0.15, -0.1) is 11.3 Å². The van der Waals surface area contributed by atoms with Crippen LogP contribution in [0.1, 0.15) is 109 Å². The number of thiophene rings is 1. The molecule has 0 bridgehead atoms. The summed E-state index contributed by atoms with van der Waals surface area (Å²) in [5.74, 6) is 0. The third kappa shape index (κ3) is 9.58. The summed E-state index contributed by atoms with van der Waals surface area (Å²) in [6, 6.07) is 89.9. The van der Waals surface area contributed by atoms with Crippen LogP contribution in [0.4, 0.5) is 28.4 Å². The van der Waals surface area contributed by atoms with Crippen molar-refractivity contribution in [2.24, 2.45) is 0 Å². The van der Waals surface area contributed by atoms with Crippen LogP contribution in [-0.2, 0) is 21.7 Å². The first-order chi connectivity index (χ1) is 48.9. The molecular formula is C94H80BN3S. The van der Waals surface area contributed by atoms with E-state index in [4.69, 9.17) is 0 Å². The second kappa shape index (κ2) is 22.0. The van der Waals surface area contributed by atoms with Gasteiger partial charge in [0.25, 0.3) is 6.71 Å². The monoisotopic (exact) mass is 1300 g/mol. The summed E-state index contributed by atoms with van der Waals surface area (Å²) in [7, 11) is 0. The highest BCUT2D eigenvalue weighted by atomic mass is 32.1. The average Bonchev–Trinajstić information content (AvgIpc) is 1.40. The van der Waals surface area contributed by atoms with Gasteiger partial charge in [-0.3, -0.25) is 0 Å². The van der Waals surface area contributed by atoms with E-state index in [1.165, 1.54) is 38.2 Å². The summed E-state index contributed by atoms with van der Waals surface area (Å²) in [5, 5.41) is 14.6. The van der Waals surface area contributed by atoms with E-state index in [9.17, 15) is 4.11 Å². The molecule has 0 spiro atoms. The number of nitrogens with zero attached hydrogens (tertiary/aromatic N) is 2. The van der Waals surface area contributed by atoms with Crippen molar-refractivity contribution in [1.82, 2.24) is 4.57 Å². The molecule has 0 amide bonds. The summed E-state index contributed by atoms with van der Waals surface area (Å²) >= 11 is 1.81. The maximum Gasteiger partial charge on any atom is 0.264 e. The van der Waals surface area contributed by atoms with E-state index in [0.717, 1.165) is 137 Å². The maximum absolute atomic E-state index is 11.4. The minimum Gasteiger partial charge on any atom is -0.356 e. The SMILES string of the molecule is [2H]c1c([2H])c(-n2c3ccccc3c3c4ccc5cccc6ccc(cc32)c4c65)c([2H])c2c1B1c3sc4cc(C(C)(C)C)ccc4c3N(c3c(-c4ccccc4)cc(C(C)(C)C)cc3-c3ccccc3)c3cc(C(C)(C)C)c(-c4c(-c5ccccc5)cc(C(C)(C)C)cc4-c4ccccc4)c(c31)N2. The van der Waals surface area contributed by atoms with Crippen LogP contribution < -0.4 is 25.9 Å². The fraction of sp³-hybridized carbons (Fsp3) is 0.170. The lowest BCUT2D eigenvalue weighted by atomic mass is 9.36. The smallest absolute Gasteiger partial charge is 0.264 e. The molecule has 0 aliphatic carbocycles. The Morgan fingerprint density at radius 3 is 1.51 bits per heavy atom. The number of fused-ring (bicyclic) bond motifs is 10. The molecule has 480 valence electrons. The van der Waals surface area contributed by atoms with E-state index in [2.05, 4.69) is 341 Å². The Morgan fingerprint density at radius 1 is 0.404 bits per heavy atom. The molecule has 0 radical (unpaired) electrons. The standard InChI is InChI=1S/C94H80BN3S/c1-91(2,3)63-43-46-68-80(53-63)99-90-89(68)98(88-72(58-32-21-15-22-33-58)51-65(93(7,8)9)52-73(88)59-34-23-16-24-35-59)79-55-74(94(10,11)12)85(84-70(56-28-17-13-18-29-56)49-64(92(4,5)6)50-71(84)57-30-19-14-20-31-57)87-86(79)95(90)75-47-44-66(54-76(75)96-87)97-77-39-26-25-38-67(77)83-69-45-42-61-37-27-36-60-40-41-62(48-78(83)97)82(69)81(60)61/h13-55,96H,1-12H3/i44D,47D,54D. The second-order valence-electron chi connectivity index (χ2n) is 31.8. The molecule has 0 unspecified atom stereocenters. The number of anilines is 5. The fourth-order valence-electron chi connectivity index (χ4n) is 16.4. The van der Waals surface area contributed by atoms with Gasteiger partial charge in [-0.1, -0.05) is 283 Å². The minimum atomic E-state index is -0.627. The predicted octanol–water partition coefficient (Wildman–Crippen LogP) is 24.8. The third-order valence-corrected chi connectivity index (χ3v) is 22.6. The summed E-state index contributed by atoms with van der Waals surface area (Å²) < 4.78 is 37.9. The van der Waals surface area contributed by atoms with Crippen molar-refractivity contribution in [2.75, 3.05) is 10.2 Å². The molecule has 2 aromatic heterocycles. The number of benzene rings is 14. The first-order valence-electron chi connectivity index (χ1n) is 36.6. The van der Waals surface area contributed by atoms with Gasteiger partial charge in [-0.2, -0.15) is 0 Å².